The summed E-state index contributed by atoms with van der Waals surface area (Å²) in [7, 11) is 1.39. The lowest BCUT2D eigenvalue weighted by molar-refractivity contribution is -0.280. The molecule has 2 N–H and O–H groups in total. The fourth-order valence-electron chi connectivity index (χ4n) is 9.29. The molecule has 0 radical (unpaired) electrons. The molecule has 5 aliphatic rings. The Labute approximate surface area is 240 Å². The van der Waals surface area contributed by atoms with Gasteiger partial charge in [0.15, 0.2) is 17.7 Å². The normalized spacial score (nSPS) is 40.0. The van der Waals surface area contributed by atoms with Gasteiger partial charge in [0.05, 0.1) is 13.2 Å². The Morgan fingerprint density at radius 2 is 1.93 bits per heavy atom. The predicted octanol–water partition coefficient (Wildman–Crippen LogP) is 4.66. The molecule has 2 bridgehead atoms. The van der Waals surface area contributed by atoms with Gasteiger partial charge >= 0.3 is 5.97 Å². The van der Waals surface area contributed by atoms with Crippen molar-refractivity contribution in [1.29, 1.82) is 0 Å². The zero-order chi connectivity index (χ0) is 29.0. The van der Waals surface area contributed by atoms with Crippen LogP contribution in [0.5, 0.6) is 0 Å². The zero-order valence-electron chi connectivity index (χ0n) is 24.7. The van der Waals surface area contributed by atoms with Crippen LogP contribution in [-0.2, 0) is 40.4 Å². The van der Waals surface area contributed by atoms with Gasteiger partial charge in [-0.2, -0.15) is 0 Å². The van der Waals surface area contributed by atoms with Crippen LogP contribution >= 0.6 is 0 Å². The maximum Gasteiger partial charge on any atom is 0.305 e. The number of benzene rings is 1. The highest BCUT2D eigenvalue weighted by Crippen LogP contribution is 2.72. The molecule has 3 fully saturated rings. The van der Waals surface area contributed by atoms with E-state index in [1.54, 1.807) is 6.08 Å². The van der Waals surface area contributed by atoms with Gasteiger partial charge in [-0.25, -0.2) is 0 Å². The minimum atomic E-state index is -1.52. The Bertz CT molecular complexity index is 1480. The molecule has 1 saturated heterocycles. The molecule has 3 aliphatic carbocycles. The molecule has 2 aliphatic heterocycles. The van der Waals surface area contributed by atoms with Gasteiger partial charge in [0.25, 0.3) is 0 Å². The van der Waals surface area contributed by atoms with E-state index in [1.807, 2.05) is 19.9 Å². The zero-order valence-corrected chi connectivity index (χ0v) is 24.7. The van der Waals surface area contributed by atoms with Gasteiger partial charge < -0.3 is 29.0 Å². The minimum absolute atomic E-state index is 0.169. The van der Waals surface area contributed by atoms with Gasteiger partial charge in [-0.05, 0) is 69.6 Å². The maximum absolute atomic E-state index is 13.5. The van der Waals surface area contributed by atoms with E-state index < -0.39 is 40.0 Å². The SMILES string of the molecule is COC(=O)CCCCO[C@H]1C[C@H]2Cc3c([nH]c4ccccc34)[C@]2(C)[C@@]2(C)CCC34O[C@@H](C(=O)C=C3[C@]12O)C(C)(C)O4. The summed E-state index contributed by atoms with van der Waals surface area (Å²) in [5.41, 5.74) is 0.716. The third kappa shape index (κ3) is 3.36. The third-order valence-corrected chi connectivity index (χ3v) is 11.6. The Morgan fingerprint density at radius 1 is 1.15 bits per heavy atom. The molecule has 3 heterocycles. The topological polar surface area (TPSA) is 107 Å². The van der Waals surface area contributed by atoms with Crippen LogP contribution in [0, 0.1) is 11.3 Å². The lowest BCUT2D eigenvalue weighted by atomic mass is 9.41. The second-order valence-electron chi connectivity index (χ2n) is 13.8. The van der Waals surface area contributed by atoms with Crippen molar-refractivity contribution in [2.24, 2.45) is 11.3 Å². The number of aliphatic hydroxyl groups is 1. The van der Waals surface area contributed by atoms with E-state index in [0.29, 0.717) is 50.7 Å². The lowest BCUT2D eigenvalue weighted by Gasteiger charge is -2.67. The number of esters is 1. The van der Waals surface area contributed by atoms with Gasteiger partial charge in [0.1, 0.15) is 11.2 Å². The fourth-order valence-corrected chi connectivity index (χ4v) is 9.29. The average molecular weight is 564 g/mol. The Balaban J connectivity index is 1.33. The van der Waals surface area contributed by atoms with Crippen molar-refractivity contribution in [1.82, 2.24) is 4.98 Å². The average Bonchev–Trinajstić information content (AvgIpc) is 3.52. The van der Waals surface area contributed by atoms with Gasteiger partial charge in [-0.3, -0.25) is 9.59 Å². The number of rotatable bonds is 6. The number of ether oxygens (including phenoxy) is 4. The molecule has 2 saturated carbocycles. The van der Waals surface area contributed by atoms with E-state index in [1.165, 1.54) is 23.8 Å². The second-order valence-corrected chi connectivity index (χ2v) is 13.8. The minimum Gasteiger partial charge on any atom is -0.469 e. The molecule has 8 nitrogen and oxygen atoms in total. The molecule has 8 heteroatoms. The first-order chi connectivity index (χ1) is 19.4. The van der Waals surface area contributed by atoms with E-state index in [2.05, 4.69) is 37.0 Å². The quantitative estimate of drug-likeness (QED) is 0.389. The van der Waals surface area contributed by atoms with Crippen molar-refractivity contribution >= 4 is 22.7 Å². The number of aromatic amines is 1. The van der Waals surface area contributed by atoms with Crippen LogP contribution in [0.25, 0.3) is 10.9 Å². The number of ketones is 1. The largest absolute Gasteiger partial charge is 0.469 e. The van der Waals surface area contributed by atoms with Crippen molar-refractivity contribution in [2.45, 2.75) is 107 Å². The molecule has 220 valence electrons. The summed E-state index contributed by atoms with van der Waals surface area (Å²) in [6.07, 6.45) is 4.71. The summed E-state index contributed by atoms with van der Waals surface area (Å²) in [5.74, 6) is -1.33. The standard InChI is InChI=1S/C33H41NO7/c1-29(2)28-23(35)18-24-32(40-28,41-29)14-13-30(3)31(4)19(16-21-20-10-6-7-11-22(20)34-27(21)31)17-25(33(24,30)37)39-15-9-8-12-26(36)38-5/h6-7,10-11,18-19,25,28,34,37H,8-9,12-17H2,1-5H3/t19-,25+,28+,30-,31-,32?,33+/m1/s1. The number of unbranched alkanes of at least 4 members (excludes halogenated alkanes) is 1. The summed E-state index contributed by atoms with van der Waals surface area (Å²) in [4.78, 5) is 28.9. The number of H-pyrrole nitrogens is 1. The number of carbonyl (C=O) groups is 2. The first-order valence-electron chi connectivity index (χ1n) is 15.1. The lowest BCUT2D eigenvalue weighted by Crippen LogP contribution is -2.74. The predicted molar refractivity (Wildman–Crippen MR) is 151 cm³/mol. The molecule has 1 spiro atoms. The number of hydrogen-bond donors (Lipinski definition) is 2. The van der Waals surface area contributed by atoms with Crippen LogP contribution in [0.15, 0.2) is 35.9 Å². The number of hydrogen-bond acceptors (Lipinski definition) is 7. The number of aromatic nitrogens is 1. The first kappa shape index (κ1) is 27.3. The van der Waals surface area contributed by atoms with Crippen molar-refractivity contribution in [2.75, 3.05) is 13.7 Å². The number of fused-ring (bicyclic) bond motifs is 9. The fraction of sp³-hybridized carbons (Fsp3) is 0.636. The molecular weight excluding hydrogens is 522 g/mol. The monoisotopic (exact) mass is 563 g/mol. The third-order valence-electron chi connectivity index (χ3n) is 11.6. The second kappa shape index (κ2) is 8.75. The Morgan fingerprint density at radius 3 is 2.71 bits per heavy atom. The Hall–Kier alpha value is -2.52. The van der Waals surface area contributed by atoms with Crippen LogP contribution in [0.2, 0.25) is 0 Å². The summed E-state index contributed by atoms with van der Waals surface area (Å²) >= 11 is 0. The molecular formula is C33H41NO7. The van der Waals surface area contributed by atoms with Crippen LogP contribution in [-0.4, -0.2) is 64.8 Å². The highest BCUT2D eigenvalue weighted by molar-refractivity contribution is 5.97. The molecule has 2 aromatic rings. The molecule has 0 amide bonds. The van der Waals surface area contributed by atoms with Crippen LogP contribution in [0.3, 0.4) is 0 Å². The summed E-state index contributed by atoms with van der Waals surface area (Å²) in [6.45, 7) is 8.64. The van der Waals surface area contributed by atoms with E-state index >= 15 is 0 Å². The summed E-state index contributed by atoms with van der Waals surface area (Å²) < 4.78 is 24.5. The van der Waals surface area contributed by atoms with E-state index in [9.17, 15) is 14.7 Å². The molecule has 7 rings (SSSR count). The molecule has 41 heavy (non-hydrogen) atoms. The van der Waals surface area contributed by atoms with E-state index in [0.717, 1.165) is 11.9 Å². The highest BCUT2D eigenvalue weighted by Gasteiger charge is 2.78. The smallest absolute Gasteiger partial charge is 0.305 e. The summed E-state index contributed by atoms with van der Waals surface area (Å²) in [5, 5.41) is 14.5. The number of nitrogens with one attached hydrogen (secondary N) is 1. The van der Waals surface area contributed by atoms with Crippen LogP contribution < -0.4 is 0 Å². The van der Waals surface area contributed by atoms with E-state index in [-0.39, 0.29) is 17.7 Å². The Kier molecular flexibility index (Phi) is 5.83. The number of carbonyl (C=O) groups excluding carboxylic acids is 2. The van der Waals surface area contributed by atoms with Gasteiger partial charge in [0.2, 0.25) is 0 Å². The van der Waals surface area contributed by atoms with Crippen LogP contribution in [0.1, 0.15) is 77.5 Å². The van der Waals surface area contributed by atoms with Crippen LogP contribution in [0.4, 0.5) is 0 Å². The van der Waals surface area contributed by atoms with Gasteiger partial charge in [-0.15, -0.1) is 0 Å². The summed E-state index contributed by atoms with van der Waals surface area (Å²) in [6, 6.07) is 8.42. The maximum atomic E-state index is 13.5. The van der Waals surface area contributed by atoms with Gasteiger partial charge in [0, 0.05) is 52.4 Å². The number of para-hydroxylation sites is 1. The van der Waals surface area contributed by atoms with E-state index in [4.69, 9.17) is 18.9 Å². The van der Waals surface area contributed by atoms with Gasteiger partial charge in [-0.1, -0.05) is 32.0 Å². The van der Waals surface area contributed by atoms with Crippen molar-refractivity contribution in [3.05, 3.63) is 47.2 Å². The van der Waals surface area contributed by atoms with Crippen molar-refractivity contribution in [3.8, 4) is 0 Å². The number of methoxy groups -OCH3 is 1. The molecule has 1 aromatic carbocycles. The molecule has 1 unspecified atom stereocenters. The highest BCUT2D eigenvalue weighted by atomic mass is 16.8. The van der Waals surface area contributed by atoms with Crippen molar-refractivity contribution < 1.29 is 33.6 Å². The first-order valence-corrected chi connectivity index (χ1v) is 15.1. The van der Waals surface area contributed by atoms with Crippen molar-refractivity contribution in [3.63, 3.8) is 0 Å². The molecule has 7 atom stereocenters. The molecule has 1 aromatic heterocycles.